The summed E-state index contributed by atoms with van der Waals surface area (Å²) >= 11 is 0. The molecule has 0 aliphatic carbocycles. The van der Waals surface area contributed by atoms with Crippen molar-refractivity contribution in [3.05, 3.63) is 78.1 Å². The number of hydrogen-bond acceptors (Lipinski definition) is 4. The summed E-state index contributed by atoms with van der Waals surface area (Å²) in [7, 11) is 0. The van der Waals surface area contributed by atoms with E-state index in [4.69, 9.17) is 0 Å². The molecule has 0 aliphatic heterocycles. The highest BCUT2D eigenvalue weighted by molar-refractivity contribution is 5.94. The summed E-state index contributed by atoms with van der Waals surface area (Å²) < 4.78 is 0. The first-order chi connectivity index (χ1) is 13.6. The number of carbonyl (C=O) groups excluding carboxylic acids is 1. The molecule has 0 radical (unpaired) electrons. The molecular formula is C23H26N4O. The molecule has 2 aromatic carbocycles. The monoisotopic (exact) mass is 374 g/mol. The topological polar surface area (TPSA) is 66.9 Å². The maximum Gasteiger partial charge on any atom is 0.251 e. The molecule has 1 amide bonds. The quantitative estimate of drug-likeness (QED) is 0.608. The Balaban J connectivity index is 1.57. The van der Waals surface area contributed by atoms with E-state index in [0.29, 0.717) is 30.5 Å². The lowest BCUT2D eigenvalue weighted by Gasteiger charge is -2.08. The van der Waals surface area contributed by atoms with Gasteiger partial charge in [-0.1, -0.05) is 56.3 Å². The smallest absolute Gasteiger partial charge is 0.251 e. The van der Waals surface area contributed by atoms with Crippen molar-refractivity contribution in [2.75, 3.05) is 11.9 Å². The molecule has 144 valence electrons. The van der Waals surface area contributed by atoms with Crippen LogP contribution >= 0.6 is 0 Å². The molecule has 1 aromatic heterocycles. The fourth-order valence-electron chi connectivity index (χ4n) is 2.74. The van der Waals surface area contributed by atoms with Crippen LogP contribution in [0.15, 0.2) is 67.0 Å². The molecule has 2 N–H and O–H groups in total. The van der Waals surface area contributed by atoms with Crippen molar-refractivity contribution in [3.8, 4) is 11.1 Å². The van der Waals surface area contributed by atoms with E-state index in [1.807, 2.05) is 42.5 Å². The van der Waals surface area contributed by atoms with Gasteiger partial charge in [0.05, 0.1) is 0 Å². The highest BCUT2D eigenvalue weighted by Crippen LogP contribution is 2.19. The van der Waals surface area contributed by atoms with Crippen molar-refractivity contribution in [1.29, 1.82) is 0 Å². The molecule has 0 fully saturated rings. The summed E-state index contributed by atoms with van der Waals surface area (Å²) in [5.41, 5.74) is 3.73. The Labute approximate surface area is 166 Å². The Morgan fingerprint density at radius 3 is 2.25 bits per heavy atom. The summed E-state index contributed by atoms with van der Waals surface area (Å²) in [5.74, 6) is 1.13. The van der Waals surface area contributed by atoms with Gasteiger partial charge < -0.3 is 10.6 Å². The standard InChI is InChI=1S/C23H26N4O/c1-17(2)12-13-24-22(28)20-10-8-19(9-11-20)21-15-26-23(27-16-21)25-14-18-6-4-3-5-7-18/h3-11,15-17H,12-14H2,1-2H3,(H,24,28)(H,25,26,27). The van der Waals surface area contributed by atoms with Crippen molar-refractivity contribution in [3.63, 3.8) is 0 Å². The Bertz CT molecular complexity index is 875. The van der Waals surface area contributed by atoms with Crippen molar-refractivity contribution >= 4 is 11.9 Å². The van der Waals surface area contributed by atoms with E-state index in [9.17, 15) is 4.79 Å². The van der Waals surface area contributed by atoms with Gasteiger partial charge in [0.25, 0.3) is 5.91 Å². The van der Waals surface area contributed by atoms with Crippen LogP contribution in [0.5, 0.6) is 0 Å². The lowest BCUT2D eigenvalue weighted by atomic mass is 10.1. The van der Waals surface area contributed by atoms with Crippen LogP contribution in [0, 0.1) is 5.92 Å². The van der Waals surface area contributed by atoms with Crippen LogP contribution < -0.4 is 10.6 Å². The number of rotatable bonds is 8. The number of amides is 1. The van der Waals surface area contributed by atoms with Gasteiger partial charge in [0.15, 0.2) is 0 Å². The zero-order valence-electron chi connectivity index (χ0n) is 16.4. The first-order valence-corrected chi connectivity index (χ1v) is 9.60. The van der Waals surface area contributed by atoms with Crippen LogP contribution in [0.4, 0.5) is 5.95 Å². The van der Waals surface area contributed by atoms with Gasteiger partial charge in [-0.15, -0.1) is 0 Å². The number of carbonyl (C=O) groups is 1. The third-order valence-corrected chi connectivity index (χ3v) is 4.43. The number of anilines is 1. The van der Waals surface area contributed by atoms with Crippen LogP contribution in [-0.2, 0) is 6.54 Å². The molecule has 0 unspecified atom stereocenters. The average molecular weight is 374 g/mol. The Morgan fingerprint density at radius 1 is 0.929 bits per heavy atom. The highest BCUT2D eigenvalue weighted by atomic mass is 16.1. The molecule has 5 nitrogen and oxygen atoms in total. The van der Waals surface area contributed by atoms with E-state index >= 15 is 0 Å². The summed E-state index contributed by atoms with van der Waals surface area (Å²) in [4.78, 5) is 20.9. The summed E-state index contributed by atoms with van der Waals surface area (Å²) in [6, 6.07) is 17.6. The van der Waals surface area contributed by atoms with Gasteiger partial charge in [-0.2, -0.15) is 0 Å². The van der Waals surface area contributed by atoms with Crippen molar-refractivity contribution in [2.45, 2.75) is 26.8 Å². The van der Waals surface area contributed by atoms with E-state index in [1.165, 1.54) is 5.56 Å². The van der Waals surface area contributed by atoms with Crippen LogP contribution in [0.25, 0.3) is 11.1 Å². The van der Waals surface area contributed by atoms with Gasteiger partial charge in [-0.25, -0.2) is 9.97 Å². The summed E-state index contributed by atoms with van der Waals surface area (Å²) in [6.07, 6.45) is 4.56. The minimum atomic E-state index is -0.0380. The molecule has 0 atom stereocenters. The van der Waals surface area contributed by atoms with E-state index in [2.05, 4.69) is 46.6 Å². The molecular weight excluding hydrogens is 348 g/mol. The van der Waals surface area contributed by atoms with E-state index < -0.39 is 0 Å². The van der Waals surface area contributed by atoms with Crippen LogP contribution in [-0.4, -0.2) is 22.4 Å². The van der Waals surface area contributed by atoms with E-state index in [0.717, 1.165) is 17.5 Å². The molecule has 0 saturated heterocycles. The number of hydrogen-bond donors (Lipinski definition) is 2. The van der Waals surface area contributed by atoms with Gasteiger partial charge in [-0.05, 0) is 35.6 Å². The van der Waals surface area contributed by atoms with Crippen LogP contribution in [0.3, 0.4) is 0 Å². The second kappa shape index (κ2) is 9.65. The normalized spacial score (nSPS) is 10.7. The third kappa shape index (κ3) is 5.64. The lowest BCUT2D eigenvalue weighted by Crippen LogP contribution is -2.25. The Hall–Kier alpha value is -3.21. The van der Waals surface area contributed by atoms with Crippen LogP contribution in [0.1, 0.15) is 36.2 Å². The molecule has 5 heteroatoms. The molecule has 0 aliphatic rings. The van der Waals surface area contributed by atoms with E-state index in [1.54, 1.807) is 12.4 Å². The van der Waals surface area contributed by atoms with Crippen molar-refractivity contribution in [2.24, 2.45) is 5.92 Å². The lowest BCUT2D eigenvalue weighted by molar-refractivity contribution is 0.0952. The first kappa shape index (κ1) is 19.5. The Kier molecular flexibility index (Phi) is 6.73. The molecule has 28 heavy (non-hydrogen) atoms. The highest BCUT2D eigenvalue weighted by Gasteiger charge is 2.07. The first-order valence-electron chi connectivity index (χ1n) is 9.60. The van der Waals surface area contributed by atoms with Crippen molar-refractivity contribution in [1.82, 2.24) is 15.3 Å². The molecule has 0 bridgehead atoms. The molecule has 1 heterocycles. The zero-order valence-corrected chi connectivity index (χ0v) is 16.4. The van der Waals surface area contributed by atoms with Crippen molar-refractivity contribution < 1.29 is 4.79 Å². The number of nitrogens with zero attached hydrogens (tertiary/aromatic N) is 2. The second-order valence-electron chi connectivity index (χ2n) is 7.15. The second-order valence-corrected chi connectivity index (χ2v) is 7.15. The molecule has 0 spiro atoms. The van der Waals surface area contributed by atoms with Gasteiger partial charge in [0.1, 0.15) is 0 Å². The largest absolute Gasteiger partial charge is 0.352 e. The van der Waals surface area contributed by atoms with Gasteiger partial charge in [-0.3, -0.25) is 4.79 Å². The Morgan fingerprint density at radius 2 is 1.61 bits per heavy atom. The summed E-state index contributed by atoms with van der Waals surface area (Å²) in [6.45, 7) is 5.67. The van der Waals surface area contributed by atoms with E-state index in [-0.39, 0.29) is 5.91 Å². The minimum absolute atomic E-state index is 0.0380. The predicted molar refractivity (Wildman–Crippen MR) is 113 cm³/mol. The van der Waals surface area contributed by atoms with Gasteiger partial charge in [0, 0.05) is 36.6 Å². The molecule has 0 saturated carbocycles. The summed E-state index contributed by atoms with van der Waals surface area (Å²) in [5, 5.41) is 6.17. The average Bonchev–Trinajstić information content (AvgIpc) is 2.73. The van der Waals surface area contributed by atoms with Crippen LogP contribution in [0.2, 0.25) is 0 Å². The number of nitrogens with one attached hydrogen (secondary N) is 2. The molecule has 3 rings (SSSR count). The number of aromatic nitrogens is 2. The maximum atomic E-state index is 12.2. The fourth-order valence-corrected chi connectivity index (χ4v) is 2.74. The zero-order chi connectivity index (χ0) is 19.8. The third-order valence-electron chi connectivity index (χ3n) is 4.43. The SMILES string of the molecule is CC(C)CCNC(=O)c1ccc(-c2cnc(NCc3ccccc3)nc2)cc1. The minimum Gasteiger partial charge on any atom is -0.352 e. The fraction of sp³-hybridized carbons (Fsp3) is 0.261. The number of benzene rings is 2. The van der Waals surface area contributed by atoms with Gasteiger partial charge >= 0.3 is 0 Å². The predicted octanol–water partition coefficient (Wildman–Crippen LogP) is 4.53. The van der Waals surface area contributed by atoms with Gasteiger partial charge in [0.2, 0.25) is 5.95 Å². The maximum absolute atomic E-state index is 12.2. The molecule has 3 aromatic rings.